The molecule has 1 saturated heterocycles. The lowest BCUT2D eigenvalue weighted by molar-refractivity contribution is 0.251. The Morgan fingerprint density at radius 3 is 2.89 bits per heavy atom. The summed E-state index contributed by atoms with van der Waals surface area (Å²) in [4.78, 5) is 10.1. The summed E-state index contributed by atoms with van der Waals surface area (Å²) in [6.07, 6.45) is 7.09. The first-order valence-electron chi connectivity index (χ1n) is 9.37. The summed E-state index contributed by atoms with van der Waals surface area (Å²) in [5.74, 6) is 1.52. The van der Waals surface area contributed by atoms with Crippen molar-refractivity contribution in [3.8, 4) is 16.9 Å². The van der Waals surface area contributed by atoms with Gasteiger partial charge in [-0.2, -0.15) is 0 Å². The van der Waals surface area contributed by atoms with Gasteiger partial charge in [0.15, 0.2) is 0 Å². The lowest BCUT2D eigenvalue weighted by atomic mass is 10.0. The smallest absolute Gasteiger partial charge is 0.141 e. The second-order valence-corrected chi connectivity index (χ2v) is 7.88. The van der Waals surface area contributed by atoms with E-state index in [9.17, 15) is 0 Å². The van der Waals surface area contributed by atoms with E-state index < -0.39 is 0 Å². The van der Waals surface area contributed by atoms with Crippen LogP contribution in [0.25, 0.3) is 22.2 Å². The quantitative estimate of drug-likeness (QED) is 0.607. The van der Waals surface area contributed by atoms with E-state index in [2.05, 4.69) is 50.9 Å². The Labute approximate surface area is 164 Å². The molecule has 27 heavy (non-hydrogen) atoms. The maximum atomic E-state index is 6.25. The molecule has 6 heteroatoms. The van der Waals surface area contributed by atoms with Crippen LogP contribution in [-0.2, 0) is 6.54 Å². The molecule has 142 valence electrons. The standard InChI is InChI=1S/C21H26N4OS/c1-25-10-8-16(13-25)14-26-19-7-9-22-21-20(19)18(12-23-21)17-5-3-15(4-6-17)11-24-27-2/h3-7,9,12,16,24H,8,10-11,13-14H2,1-2H3,(H,22,23). The van der Waals surface area contributed by atoms with Crippen molar-refractivity contribution in [1.82, 2.24) is 19.6 Å². The van der Waals surface area contributed by atoms with Gasteiger partial charge in [0, 0.05) is 37.0 Å². The van der Waals surface area contributed by atoms with E-state index in [-0.39, 0.29) is 0 Å². The normalized spacial score (nSPS) is 17.6. The Morgan fingerprint density at radius 1 is 1.30 bits per heavy atom. The van der Waals surface area contributed by atoms with Crippen LogP contribution in [0.3, 0.4) is 0 Å². The number of hydrogen-bond donors (Lipinski definition) is 2. The minimum absolute atomic E-state index is 0.601. The van der Waals surface area contributed by atoms with E-state index in [1.807, 2.05) is 24.7 Å². The third kappa shape index (κ3) is 4.13. The Kier molecular flexibility index (Phi) is 5.66. The number of benzene rings is 1. The number of pyridine rings is 1. The molecule has 3 heterocycles. The highest BCUT2D eigenvalue weighted by Crippen LogP contribution is 2.35. The highest BCUT2D eigenvalue weighted by Gasteiger charge is 2.21. The Morgan fingerprint density at radius 2 is 2.15 bits per heavy atom. The lowest BCUT2D eigenvalue weighted by Gasteiger charge is -2.13. The molecule has 1 atom stereocenters. The molecule has 1 aliphatic heterocycles. The summed E-state index contributed by atoms with van der Waals surface area (Å²) in [5.41, 5.74) is 4.46. The van der Waals surface area contributed by atoms with E-state index in [0.717, 1.165) is 48.6 Å². The molecule has 0 saturated carbocycles. The van der Waals surface area contributed by atoms with Crippen LogP contribution in [0, 0.1) is 5.92 Å². The fraction of sp³-hybridized carbons (Fsp3) is 0.381. The van der Waals surface area contributed by atoms with Crippen LogP contribution in [0.4, 0.5) is 0 Å². The van der Waals surface area contributed by atoms with Gasteiger partial charge in [-0.05, 0) is 43.5 Å². The van der Waals surface area contributed by atoms with E-state index in [0.29, 0.717) is 5.92 Å². The number of aromatic amines is 1. The third-order valence-electron chi connectivity index (χ3n) is 5.18. The Hall–Kier alpha value is -2.02. The molecule has 0 radical (unpaired) electrons. The van der Waals surface area contributed by atoms with Crippen molar-refractivity contribution in [2.24, 2.45) is 5.92 Å². The molecular weight excluding hydrogens is 356 g/mol. The molecule has 2 N–H and O–H groups in total. The van der Waals surface area contributed by atoms with Crippen LogP contribution in [0.5, 0.6) is 5.75 Å². The highest BCUT2D eigenvalue weighted by atomic mass is 32.2. The van der Waals surface area contributed by atoms with Crippen molar-refractivity contribution >= 4 is 23.0 Å². The lowest BCUT2D eigenvalue weighted by Crippen LogP contribution is -2.18. The van der Waals surface area contributed by atoms with Gasteiger partial charge in [0.1, 0.15) is 11.4 Å². The number of aromatic nitrogens is 2. The number of likely N-dealkylation sites (tertiary alicyclic amines) is 1. The molecule has 1 aliphatic rings. The molecule has 3 aromatic rings. The summed E-state index contributed by atoms with van der Waals surface area (Å²) in [6.45, 7) is 3.89. The van der Waals surface area contributed by atoms with E-state index in [1.54, 1.807) is 11.9 Å². The van der Waals surface area contributed by atoms with Crippen molar-refractivity contribution in [3.05, 3.63) is 48.3 Å². The van der Waals surface area contributed by atoms with Crippen molar-refractivity contribution in [3.63, 3.8) is 0 Å². The fourth-order valence-electron chi connectivity index (χ4n) is 3.70. The number of fused-ring (bicyclic) bond motifs is 1. The average molecular weight is 383 g/mol. The number of rotatable bonds is 7. The van der Waals surface area contributed by atoms with Gasteiger partial charge in [0.25, 0.3) is 0 Å². The minimum Gasteiger partial charge on any atom is -0.492 e. The Bertz CT molecular complexity index is 893. The second-order valence-electron chi connectivity index (χ2n) is 7.19. The molecule has 0 bridgehead atoms. The van der Waals surface area contributed by atoms with Gasteiger partial charge in [-0.1, -0.05) is 36.2 Å². The molecule has 1 unspecified atom stereocenters. The number of nitrogens with one attached hydrogen (secondary N) is 2. The first-order valence-corrected chi connectivity index (χ1v) is 10.6. The van der Waals surface area contributed by atoms with Crippen molar-refractivity contribution < 1.29 is 4.74 Å². The molecule has 0 amide bonds. The second kappa shape index (κ2) is 8.33. The summed E-state index contributed by atoms with van der Waals surface area (Å²) in [5, 5.41) is 1.07. The van der Waals surface area contributed by atoms with Crippen LogP contribution < -0.4 is 9.46 Å². The number of ether oxygens (including phenoxy) is 1. The predicted molar refractivity (Wildman–Crippen MR) is 113 cm³/mol. The topological polar surface area (TPSA) is 53.2 Å². The number of H-pyrrole nitrogens is 1. The van der Waals surface area contributed by atoms with Crippen LogP contribution in [0.1, 0.15) is 12.0 Å². The Balaban J connectivity index is 1.58. The zero-order chi connectivity index (χ0) is 18.6. The molecule has 1 aromatic carbocycles. The van der Waals surface area contributed by atoms with Gasteiger partial charge in [-0.15, -0.1) is 0 Å². The maximum Gasteiger partial charge on any atom is 0.141 e. The average Bonchev–Trinajstić information content (AvgIpc) is 3.31. The molecule has 0 aliphatic carbocycles. The van der Waals surface area contributed by atoms with Gasteiger partial charge in [-0.3, -0.25) is 4.72 Å². The SMILES string of the molecule is CSNCc1ccc(-c2c[nH]c3nccc(OCC4CCN(C)C4)c23)cc1. The van der Waals surface area contributed by atoms with E-state index >= 15 is 0 Å². The molecular formula is C21H26N4OS. The highest BCUT2D eigenvalue weighted by molar-refractivity contribution is 7.96. The summed E-state index contributed by atoms with van der Waals surface area (Å²) >= 11 is 1.64. The maximum absolute atomic E-state index is 6.25. The van der Waals surface area contributed by atoms with Crippen molar-refractivity contribution in [2.75, 3.05) is 33.0 Å². The summed E-state index contributed by atoms with van der Waals surface area (Å²) < 4.78 is 9.53. The van der Waals surface area contributed by atoms with E-state index in [1.165, 1.54) is 17.5 Å². The monoisotopic (exact) mass is 382 g/mol. The third-order valence-corrected chi connectivity index (χ3v) is 5.62. The van der Waals surface area contributed by atoms with Crippen LogP contribution >= 0.6 is 11.9 Å². The zero-order valence-electron chi connectivity index (χ0n) is 15.9. The van der Waals surface area contributed by atoms with Gasteiger partial charge < -0.3 is 14.6 Å². The van der Waals surface area contributed by atoms with Crippen LogP contribution in [0.15, 0.2) is 42.7 Å². The molecule has 0 spiro atoms. The largest absolute Gasteiger partial charge is 0.492 e. The van der Waals surface area contributed by atoms with Crippen molar-refractivity contribution in [2.45, 2.75) is 13.0 Å². The first-order chi connectivity index (χ1) is 13.2. The fourth-order valence-corrected chi connectivity index (χ4v) is 4.01. The molecule has 2 aromatic heterocycles. The zero-order valence-corrected chi connectivity index (χ0v) is 16.7. The van der Waals surface area contributed by atoms with Gasteiger partial charge in [-0.25, -0.2) is 4.98 Å². The molecule has 4 rings (SSSR count). The summed E-state index contributed by atoms with van der Waals surface area (Å²) in [7, 11) is 2.17. The van der Waals surface area contributed by atoms with Gasteiger partial charge in [0.05, 0.1) is 12.0 Å². The van der Waals surface area contributed by atoms with Crippen LogP contribution in [-0.4, -0.2) is 47.9 Å². The van der Waals surface area contributed by atoms with Crippen molar-refractivity contribution in [1.29, 1.82) is 0 Å². The van der Waals surface area contributed by atoms with Crippen LogP contribution in [0.2, 0.25) is 0 Å². The first kappa shape index (κ1) is 18.3. The number of nitrogens with zero attached hydrogens (tertiary/aromatic N) is 2. The molecule has 1 fully saturated rings. The van der Waals surface area contributed by atoms with Gasteiger partial charge >= 0.3 is 0 Å². The minimum atomic E-state index is 0.601. The number of hydrogen-bond acceptors (Lipinski definition) is 5. The van der Waals surface area contributed by atoms with Gasteiger partial charge in [0.2, 0.25) is 0 Å². The molecule has 5 nitrogen and oxygen atoms in total. The summed E-state index contributed by atoms with van der Waals surface area (Å²) in [6, 6.07) is 10.7. The predicted octanol–water partition coefficient (Wildman–Crippen LogP) is 3.93. The van der Waals surface area contributed by atoms with E-state index in [4.69, 9.17) is 4.74 Å².